The summed E-state index contributed by atoms with van der Waals surface area (Å²) in [4.78, 5) is 31.1. The molecule has 0 aliphatic rings. The van der Waals surface area contributed by atoms with Gasteiger partial charge in [-0.25, -0.2) is 4.68 Å². The molecule has 0 saturated carbocycles. The van der Waals surface area contributed by atoms with Gasteiger partial charge in [-0.3, -0.25) is 19.7 Å². The van der Waals surface area contributed by atoms with E-state index in [0.717, 1.165) is 35.5 Å². The Balaban J connectivity index is 1.46. The van der Waals surface area contributed by atoms with Crippen LogP contribution >= 0.6 is 0 Å². The highest BCUT2D eigenvalue weighted by Gasteiger charge is 2.18. The molecule has 1 N–H and O–H groups in total. The zero-order valence-corrected chi connectivity index (χ0v) is 20.9. The standard InChI is InChI=1S/C30H30N4O3/c1-2-3-12-27-29-26(20-28(35)33(27)19-17-23-11-7-8-18-31-23)32-34(30(29)36)24-13-15-25(16-14-24)37-21-22-9-5-4-6-10-22/h4-11,13-16,18,20,32H,2-3,12,17,19,21H2,1H3. The molecular weight excluding hydrogens is 464 g/mol. The van der Waals surface area contributed by atoms with Crippen LogP contribution in [-0.2, 0) is 26.0 Å². The first kappa shape index (κ1) is 24.3. The first-order valence-corrected chi connectivity index (χ1v) is 12.7. The van der Waals surface area contributed by atoms with Crippen molar-refractivity contribution in [3.63, 3.8) is 0 Å². The van der Waals surface area contributed by atoms with Crippen LogP contribution in [-0.4, -0.2) is 19.3 Å². The number of benzene rings is 2. The Morgan fingerprint density at radius 2 is 1.70 bits per heavy atom. The molecule has 37 heavy (non-hydrogen) atoms. The van der Waals surface area contributed by atoms with Crippen LogP contribution in [0.3, 0.4) is 0 Å². The van der Waals surface area contributed by atoms with Gasteiger partial charge in [0.25, 0.3) is 11.1 Å². The fraction of sp³-hybridized carbons (Fsp3) is 0.233. The van der Waals surface area contributed by atoms with Gasteiger partial charge < -0.3 is 9.30 Å². The number of H-pyrrole nitrogens is 1. The topological polar surface area (TPSA) is 81.9 Å². The third kappa shape index (κ3) is 5.40. The van der Waals surface area contributed by atoms with Crippen LogP contribution in [0.15, 0.2) is 94.6 Å². The van der Waals surface area contributed by atoms with Gasteiger partial charge in [0, 0.05) is 36.6 Å². The molecule has 3 aromatic heterocycles. The molecule has 5 aromatic rings. The SMILES string of the molecule is CCCCc1c2c(=O)n(-c3ccc(OCc4ccccc4)cc3)[nH]c2cc(=O)n1CCc1ccccn1. The Morgan fingerprint density at radius 1 is 0.919 bits per heavy atom. The van der Waals surface area contributed by atoms with Crippen molar-refractivity contribution in [3.8, 4) is 11.4 Å². The van der Waals surface area contributed by atoms with Gasteiger partial charge in [-0.1, -0.05) is 49.7 Å². The van der Waals surface area contributed by atoms with Crippen molar-refractivity contribution in [3.05, 3.63) is 123 Å². The van der Waals surface area contributed by atoms with E-state index in [-0.39, 0.29) is 11.1 Å². The highest BCUT2D eigenvalue weighted by atomic mass is 16.5. The molecule has 0 saturated heterocycles. The van der Waals surface area contributed by atoms with Gasteiger partial charge in [0.2, 0.25) is 0 Å². The van der Waals surface area contributed by atoms with E-state index in [1.165, 1.54) is 10.7 Å². The minimum absolute atomic E-state index is 0.118. The summed E-state index contributed by atoms with van der Waals surface area (Å²) in [7, 11) is 0. The number of aromatic amines is 1. The average Bonchev–Trinajstić information content (AvgIpc) is 3.26. The maximum atomic E-state index is 13.6. The van der Waals surface area contributed by atoms with Gasteiger partial charge in [0.15, 0.2) is 0 Å². The van der Waals surface area contributed by atoms with Crippen molar-refractivity contribution in [1.29, 1.82) is 0 Å². The quantitative estimate of drug-likeness (QED) is 0.295. The molecule has 0 atom stereocenters. The molecule has 188 valence electrons. The van der Waals surface area contributed by atoms with E-state index in [0.29, 0.717) is 42.6 Å². The number of nitrogens with one attached hydrogen (secondary N) is 1. The summed E-state index contributed by atoms with van der Waals surface area (Å²) in [5.74, 6) is 0.717. The van der Waals surface area contributed by atoms with Crippen LogP contribution < -0.4 is 15.9 Å². The van der Waals surface area contributed by atoms with Crippen LogP contribution in [0.25, 0.3) is 16.6 Å². The molecule has 2 aromatic carbocycles. The molecule has 0 bridgehead atoms. The monoisotopic (exact) mass is 494 g/mol. The fourth-order valence-corrected chi connectivity index (χ4v) is 4.54. The summed E-state index contributed by atoms with van der Waals surface area (Å²) in [6.45, 7) is 3.05. The minimum atomic E-state index is -0.161. The maximum Gasteiger partial charge on any atom is 0.280 e. The molecule has 7 nitrogen and oxygen atoms in total. The summed E-state index contributed by atoms with van der Waals surface area (Å²) >= 11 is 0. The number of fused-ring (bicyclic) bond motifs is 1. The lowest BCUT2D eigenvalue weighted by Gasteiger charge is -2.13. The number of aromatic nitrogens is 4. The van der Waals surface area contributed by atoms with E-state index in [1.54, 1.807) is 10.8 Å². The van der Waals surface area contributed by atoms with E-state index in [1.807, 2.05) is 72.8 Å². The Morgan fingerprint density at radius 3 is 2.43 bits per heavy atom. The second kappa shape index (κ2) is 11.1. The number of hydrogen-bond donors (Lipinski definition) is 1. The summed E-state index contributed by atoms with van der Waals surface area (Å²) in [5, 5.41) is 3.72. The molecule has 0 radical (unpaired) electrons. The van der Waals surface area contributed by atoms with E-state index < -0.39 is 0 Å². The molecule has 3 heterocycles. The summed E-state index contributed by atoms with van der Waals surface area (Å²) in [6, 6.07) is 24.6. The molecule has 0 amide bonds. The lowest BCUT2D eigenvalue weighted by atomic mass is 10.1. The highest BCUT2D eigenvalue weighted by molar-refractivity contribution is 5.81. The van der Waals surface area contributed by atoms with Crippen LogP contribution in [0.5, 0.6) is 5.75 Å². The predicted octanol–water partition coefficient (Wildman–Crippen LogP) is 5.04. The average molecular weight is 495 g/mol. The molecule has 0 fully saturated rings. The summed E-state index contributed by atoms with van der Waals surface area (Å²) in [6.07, 6.45) is 4.88. The van der Waals surface area contributed by atoms with Crippen LogP contribution in [0.2, 0.25) is 0 Å². The molecule has 0 aliphatic heterocycles. The van der Waals surface area contributed by atoms with Crippen molar-refractivity contribution in [2.24, 2.45) is 0 Å². The molecule has 0 unspecified atom stereocenters. The molecule has 5 rings (SSSR count). The summed E-state index contributed by atoms with van der Waals surface area (Å²) in [5.41, 5.74) is 3.74. The fourth-order valence-electron chi connectivity index (χ4n) is 4.54. The number of nitrogens with zero attached hydrogens (tertiary/aromatic N) is 3. The van der Waals surface area contributed by atoms with Crippen molar-refractivity contribution in [2.45, 2.75) is 45.8 Å². The third-order valence-corrected chi connectivity index (χ3v) is 6.49. The lowest BCUT2D eigenvalue weighted by Crippen LogP contribution is -2.26. The van der Waals surface area contributed by atoms with Crippen molar-refractivity contribution in [1.82, 2.24) is 19.3 Å². The van der Waals surface area contributed by atoms with Crippen LogP contribution in [0, 0.1) is 0 Å². The van der Waals surface area contributed by atoms with Gasteiger partial charge in [-0.05, 0) is 54.8 Å². The Kier molecular flexibility index (Phi) is 7.31. The number of rotatable bonds is 10. The Bertz CT molecular complexity index is 1580. The third-order valence-electron chi connectivity index (χ3n) is 6.49. The molecule has 0 aliphatic carbocycles. The van der Waals surface area contributed by atoms with Gasteiger partial charge in [0.1, 0.15) is 12.4 Å². The number of hydrogen-bond acceptors (Lipinski definition) is 4. The predicted molar refractivity (Wildman–Crippen MR) is 145 cm³/mol. The molecule has 0 spiro atoms. The van der Waals surface area contributed by atoms with Crippen molar-refractivity contribution in [2.75, 3.05) is 0 Å². The zero-order chi connectivity index (χ0) is 25.6. The Labute approximate surface area is 215 Å². The first-order chi connectivity index (χ1) is 18.1. The second-order valence-corrected chi connectivity index (χ2v) is 9.06. The van der Waals surface area contributed by atoms with Crippen molar-refractivity contribution >= 4 is 10.9 Å². The summed E-state index contributed by atoms with van der Waals surface area (Å²) < 4.78 is 9.13. The van der Waals surface area contributed by atoms with Gasteiger partial charge >= 0.3 is 0 Å². The second-order valence-electron chi connectivity index (χ2n) is 9.06. The Hall–Kier alpha value is -4.39. The van der Waals surface area contributed by atoms with E-state index in [4.69, 9.17) is 4.74 Å². The number of aryl methyl sites for hydroxylation is 2. The van der Waals surface area contributed by atoms with Crippen LogP contribution in [0.4, 0.5) is 0 Å². The number of pyridine rings is 2. The van der Waals surface area contributed by atoms with Crippen LogP contribution in [0.1, 0.15) is 36.7 Å². The van der Waals surface area contributed by atoms with Gasteiger partial charge in [-0.15, -0.1) is 0 Å². The number of ether oxygens (including phenoxy) is 1. The smallest absolute Gasteiger partial charge is 0.280 e. The minimum Gasteiger partial charge on any atom is -0.489 e. The highest BCUT2D eigenvalue weighted by Crippen LogP contribution is 2.19. The number of unbranched alkanes of at least 4 members (excludes halogenated alkanes) is 1. The maximum absolute atomic E-state index is 13.6. The lowest BCUT2D eigenvalue weighted by molar-refractivity contribution is 0.306. The molecular formula is C30H30N4O3. The van der Waals surface area contributed by atoms with E-state index in [2.05, 4.69) is 17.0 Å². The molecule has 7 heteroatoms. The van der Waals surface area contributed by atoms with E-state index in [9.17, 15) is 9.59 Å². The largest absolute Gasteiger partial charge is 0.489 e. The van der Waals surface area contributed by atoms with Gasteiger partial charge in [-0.2, -0.15) is 0 Å². The zero-order valence-electron chi connectivity index (χ0n) is 20.9. The van der Waals surface area contributed by atoms with Gasteiger partial charge in [0.05, 0.1) is 16.6 Å². The van der Waals surface area contributed by atoms with Crippen molar-refractivity contribution < 1.29 is 4.74 Å². The first-order valence-electron chi connectivity index (χ1n) is 12.7. The van der Waals surface area contributed by atoms with E-state index >= 15 is 0 Å². The normalized spacial score (nSPS) is 11.2.